The number of aliphatic hydroxyl groups excluding tert-OH is 1. The first-order chi connectivity index (χ1) is 9.99. The molecule has 1 aromatic carbocycles. The van der Waals surface area contributed by atoms with E-state index in [1.54, 1.807) is 28.1 Å². The van der Waals surface area contributed by atoms with Crippen molar-refractivity contribution in [2.75, 3.05) is 27.4 Å². The predicted molar refractivity (Wildman–Crippen MR) is 83.4 cm³/mol. The lowest BCUT2D eigenvalue weighted by Gasteiger charge is -2.20. The first-order valence-electron chi connectivity index (χ1n) is 6.90. The molecule has 0 aromatic heterocycles. The number of hydrogen-bond donors (Lipinski definition) is 2. The van der Waals surface area contributed by atoms with E-state index in [1.807, 2.05) is 12.1 Å². The number of halogens is 1. The van der Waals surface area contributed by atoms with Crippen LogP contribution in [0, 0.1) is 0 Å². The monoisotopic (exact) mass is 317 g/mol. The molecule has 120 valence electrons. The molecular weight excluding hydrogens is 294 g/mol. The van der Waals surface area contributed by atoms with Gasteiger partial charge in [-0.15, -0.1) is 0 Å². The molecule has 0 aliphatic carbocycles. The minimum atomic E-state index is -0.596. The normalized spacial score (nSPS) is 13.8. The van der Waals surface area contributed by atoms with E-state index in [2.05, 4.69) is 5.32 Å². The van der Waals surface area contributed by atoms with Crippen LogP contribution in [0.4, 0.5) is 0 Å². The lowest BCUT2D eigenvalue weighted by Crippen LogP contribution is -2.26. The van der Waals surface area contributed by atoms with Crippen molar-refractivity contribution in [2.45, 2.75) is 32.6 Å². The number of nitrogens with one attached hydrogen (secondary N) is 1. The second kappa shape index (κ2) is 9.10. The highest BCUT2D eigenvalue weighted by Gasteiger charge is 2.17. The minimum absolute atomic E-state index is 0.373. The van der Waals surface area contributed by atoms with Crippen LogP contribution in [0.5, 0.6) is 11.5 Å². The Balaban J connectivity index is 2.81. The van der Waals surface area contributed by atoms with Gasteiger partial charge in [0.1, 0.15) is 6.10 Å². The van der Waals surface area contributed by atoms with Crippen molar-refractivity contribution >= 4 is 11.6 Å². The molecule has 0 radical (unpaired) electrons. The fraction of sp³-hybridized carbons (Fsp3) is 0.600. The molecule has 0 heterocycles. The summed E-state index contributed by atoms with van der Waals surface area (Å²) in [6.07, 6.45) is -0.969. The first kappa shape index (κ1) is 18.0. The van der Waals surface area contributed by atoms with Gasteiger partial charge in [0.2, 0.25) is 0 Å². The molecule has 0 bridgehead atoms. The molecule has 0 spiro atoms. The smallest absolute Gasteiger partial charge is 0.180 e. The van der Waals surface area contributed by atoms with Gasteiger partial charge in [0.15, 0.2) is 11.5 Å². The van der Waals surface area contributed by atoms with Gasteiger partial charge in [-0.2, -0.15) is 0 Å². The SMILES string of the molecule is COCCNCc1cc(Cl)c(OC(C)C(C)O)c(OC)c1. The summed E-state index contributed by atoms with van der Waals surface area (Å²) in [6.45, 7) is 5.51. The molecule has 0 amide bonds. The van der Waals surface area contributed by atoms with Crippen LogP contribution in [0.3, 0.4) is 0 Å². The zero-order valence-electron chi connectivity index (χ0n) is 13.0. The molecule has 2 N–H and O–H groups in total. The molecule has 2 unspecified atom stereocenters. The van der Waals surface area contributed by atoms with Crippen LogP contribution in [0.1, 0.15) is 19.4 Å². The van der Waals surface area contributed by atoms with E-state index in [1.165, 1.54) is 0 Å². The summed E-state index contributed by atoms with van der Waals surface area (Å²) in [5.41, 5.74) is 0.991. The van der Waals surface area contributed by atoms with Gasteiger partial charge in [-0.05, 0) is 31.5 Å². The number of ether oxygens (including phenoxy) is 3. The van der Waals surface area contributed by atoms with E-state index < -0.39 is 6.10 Å². The molecule has 0 fully saturated rings. The van der Waals surface area contributed by atoms with Crippen LogP contribution in [0.15, 0.2) is 12.1 Å². The van der Waals surface area contributed by atoms with Crippen molar-refractivity contribution in [3.63, 3.8) is 0 Å². The highest BCUT2D eigenvalue weighted by molar-refractivity contribution is 6.32. The maximum Gasteiger partial charge on any atom is 0.180 e. The van der Waals surface area contributed by atoms with Gasteiger partial charge >= 0.3 is 0 Å². The Bertz CT molecular complexity index is 440. The van der Waals surface area contributed by atoms with E-state index in [4.69, 9.17) is 25.8 Å². The highest BCUT2D eigenvalue weighted by atomic mass is 35.5. The third-order valence-corrected chi connectivity index (χ3v) is 3.37. The van der Waals surface area contributed by atoms with E-state index in [9.17, 15) is 5.11 Å². The standard InChI is InChI=1S/C15H24ClNO4/c1-10(18)11(2)21-15-13(16)7-12(8-14(15)20-4)9-17-5-6-19-3/h7-8,10-11,17-18H,5-6,9H2,1-4H3. The summed E-state index contributed by atoms with van der Waals surface area (Å²) < 4.78 is 16.0. The molecular formula is C15H24ClNO4. The van der Waals surface area contributed by atoms with Crippen molar-refractivity contribution in [3.05, 3.63) is 22.7 Å². The predicted octanol–water partition coefficient (Wildman–Crippen LogP) is 2.23. The summed E-state index contributed by atoms with van der Waals surface area (Å²) in [5.74, 6) is 1.01. The summed E-state index contributed by atoms with van der Waals surface area (Å²) in [5, 5.41) is 13.2. The molecule has 0 saturated heterocycles. The molecule has 2 atom stereocenters. The lowest BCUT2D eigenvalue weighted by molar-refractivity contribution is 0.0587. The number of methoxy groups -OCH3 is 2. The Kier molecular flexibility index (Phi) is 7.82. The van der Waals surface area contributed by atoms with Crippen LogP contribution in [-0.4, -0.2) is 44.7 Å². The van der Waals surface area contributed by atoms with E-state index >= 15 is 0 Å². The van der Waals surface area contributed by atoms with Gasteiger partial charge in [0, 0.05) is 20.2 Å². The van der Waals surface area contributed by atoms with Crippen LogP contribution >= 0.6 is 11.6 Å². The van der Waals surface area contributed by atoms with Gasteiger partial charge in [0.05, 0.1) is 24.8 Å². The number of rotatable bonds is 9. The molecule has 5 nitrogen and oxygen atoms in total. The van der Waals surface area contributed by atoms with Crippen molar-refractivity contribution in [2.24, 2.45) is 0 Å². The van der Waals surface area contributed by atoms with Gasteiger partial charge in [0.25, 0.3) is 0 Å². The van der Waals surface area contributed by atoms with E-state index in [0.29, 0.717) is 29.7 Å². The first-order valence-corrected chi connectivity index (χ1v) is 7.28. The lowest BCUT2D eigenvalue weighted by atomic mass is 10.2. The molecule has 1 aromatic rings. The summed E-state index contributed by atoms with van der Waals surface area (Å²) in [4.78, 5) is 0. The van der Waals surface area contributed by atoms with Crippen LogP contribution in [0.25, 0.3) is 0 Å². The Labute approximate surface area is 131 Å². The van der Waals surface area contributed by atoms with Crippen molar-refractivity contribution < 1.29 is 19.3 Å². The second-order valence-corrected chi connectivity index (χ2v) is 5.25. The zero-order chi connectivity index (χ0) is 15.8. The van der Waals surface area contributed by atoms with Gasteiger partial charge < -0.3 is 24.6 Å². The van der Waals surface area contributed by atoms with Gasteiger partial charge in [-0.25, -0.2) is 0 Å². The molecule has 21 heavy (non-hydrogen) atoms. The maximum atomic E-state index is 9.53. The minimum Gasteiger partial charge on any atom is -0.493 e. The van der Waals surface area contributed by atoms with Crippen molar-refractivity contribution in [1.82, 2.24) is 5.32 Å². The van der Waals surface area contributed by atoms with E-state index in [-0.39, 0.29) is 6.10 Å². The third-order valence-electron chi connectivity index (χ3n) is 3.08. The topological polar surface area (TPSA) is 60.0 Å². The molecule has 0 saturated carbocycles. The third kappa shape index (κ3) is 5.71. The van der Waals surface area contributed by atoms with Crippen LogP contribution < -0.4 is 14.8 Å². The largest absolute Gasteiger partial charge is 0.493 e. The fourth-order valence-electron chi connectivity index (χ4n) is 1.68. The Hall–Kier alpha value is -1.01. The van der Waals surface area contributed by atoms with Crippen molar-refractivity contribution in [1.29, 1.82) is 0 Å². The van der Waals surface area contributed by atoms with Crippen LogP contribution in [-0.2, 0) is 11.3 Å². The summed E-state index contributed by atoms with van der Waals surface area (Å²) in [6, 6.07) is 3.70. The molecule has 6 heteroatoms. The second-order valence-electron chi connectivity index (χ2n) is 4.84. The Morgan fingerprint density at radius 1 is 1.29 bits per heavy atom. The Morgan fingerprint density at radius 2 is 2.00 bits per heavy atom. The molecule has 1 rings (SSSR count). The average Bonchev–Trinajstić information content (AvgIpc) is 2.45. The number of benzene rings is 1. The molecule has 0 aliphatic heterocycles. The average molecular weight is 318 g/mol. The summed E-state index contributed by atoms with van der Waals surface area (Å²) in [7, 11) is 3.23. The fourth-order valence-corrected chi connectivity index (χ4v) is 1.96. The van der Waals surface area contributed by atoms with Crippen molar-refractivity contribution in [3.8, 4) is 11.5 Å². The Morgan fingerprint density at radius 3 is 2.57 bits per heavy atom. The number of aliphatic hydroxyl groups is 1. The van der Waals surface area contributed by atoms with E-state index in [0.717, 1.165) is 12.1 Å². The quantitative estimate of drug-likeness (QED) is 0.684. The molecule has 0 aliphatic rings. The van der Waals surface area contributed by atoms with Gasteiger partial charge in [-0.3, -0.25) is 0 Å². The highest BCUT2D eigenvalue weighted by Crippen LogP contribution is 2.37. The number of hydrogen-bond acceptors (Lipinski definition) is 5. The van der Waals surface area contributed by atoms with Crippen LogP contribution in [0.2, 0.25) is 5.02 Å². The zero-order valence-corrected chi connectivity index (χ0v) is 13.7. The summed E-state index contributed by atoms with van der Waals surface area (Å²) >= 11 is 6.26. The van der Waals surface area contributed by atoms with Gasteiger partial charge in [-0.1, -0.05) is 11.6 Å². The maximum absolute atomic E-state index is 9.53.